The molecule has 0 atom stereocenters. The van der Waals surface area contributed by atoms with Gasteiger partial charge in [-0.1, -0.05) is 91.0 Å². The molecule has 0 unspecified atom stereocenters. The van der Waals surface area contributed by atoms with Crippen molar-refractivity contribution in [2.45, 2.75) is 0 Å². The Morgan fingerprint density at radius 1 is 0.279 bits per heavy atom. The van der Waals surface area contributed by atoms with Crippen LogP contribution < -0.4 is 4.90 Å². The molecule has 0 aliphatic carbocycles. The molecule has 8 aromatic carbocycles. The van der Waals surface area contributed by atoms with E-state index in [1.807, 2.05) is 61.3 Å². The Bertz CT molecular complexity index is 4150. The molecular weight excluding hydrogens is 833 g/mol. The minimum atomic E-state index is 0.790. The standard InChI is InChI=1S/C61H36N6O/c1-4-38-7-13-47-30-49(35-65-59(47)57(38)62-25-1)42-9-11-44-32-52(22-17-40(44)28-42)67(51-20-15-37(16-21-51)46-19-24-55-54(34-46)61-56(68-55)6-3-27-64-61)53-23-18-41-29-43(10-12-45(41)33-53)50-31-48-14-8-39-5-2-26-63-58(39)60(48)66-36-50/h1-36H. The van der Waals surface area contributed by atoms with Crippen molar-refractivity contribution in [1.82, 2.24) is 24.9 Å². The van der Waals surface area contributed by atoms with Crippen LogP contribution in [0.1, 0.15) is 0 Å². The first-order chi connectivity index (χ1) is 33.6. The molecule has 7 heteroatoms. The van der Waals surface area contributed by atoms with Crippen LogP contribution in [-0.4, -0.2) is 24.9 Å². The first kappa shape index (κ1) is 38.0. The molecule has 0 fully saturated rings. The van der Waals surface area contributed by atoms with Gasteiger partial charge in [-0.05, 0) is 141 Å². The summed E-state index contributed by atoms with van der Waals surface area (Å²) in [5.41, 5.74) is 15.9. The monoisotopic (exact) mass is 868 g/mol. The van der Waals surface area contributed by atoms with Crippen molar-refractivity contribution in [3.63, 3.8) is 0 Å². The molecule has 7 nitrogen and oxygen atoms in total. The Hall–Kier alpha value is -9.33. The summed E-state index contributed by atoms with van der Waals surface area (Å²) in [6.45, 7) is 0. The maximum Gasteiger partial charge on any atom is 0.153 e. The van der Waals surface area contributed by atoms with Gasteiger partial charge in [-0.15, -0.1) is 0 Å². The van der Waals surface area contributed by atoms with E-state index in [0.717, 1.165) is 138 Å². The van der Waals surface area contributed by atoms with E-state index in [-0.39, 0.29) is 0 Å². The molecule has 14 rings (SSSR count). The molecule has 0 amide bonds. The summed E-state index contributed by atoms with van der Waals surface area (Å²) in [5, 5.41) is 9.91. The molecule has 68 heavy (non-hydrogen) atoms. The van der Waals surface area contributed by atoms with Crippen LogP contribution in [0.2, 0.25) is 0 Å². The van der Waals surface area contributed by atoms with Crippen LogP contribution >= 0.6 is 0 Å². The van der Waals surface area contributed by atoms with E-state index in [2.05, 4.69) is 178 Å². The molecular formula is C61H36N6O. The summed E-state index contributed by atoms with van der Waals surface area (Å²) in [6, 6.07) is 66.8. The molecule has 0 N–H and O–H groups in total. The highest BCUT2D eigenvalue weighted by atomic mass is 16.3. The number of hydrogen-bond donors (Lipinski definition) is 0. The Morgan fingerprint density at radius 3 is 1.31 bits per heavy atom. The number of hydrogen-bond acceptors (Lipinski definition) is 7. The molecule has 316 valence electrons. The second-order valence-electron chi connectivity index (χ2n) is 17.4. The van der Waals surface area contributed by atoms with Gasteiger partial charge in [0.05, 0.1) is 22.1 Å². The minimum Gasteiger partial charge on any atom is -0.454 e. The lowest BCUT2D eigenvalue weighted by Gasteiger charge is -2.26. The van der Waals surface area contributed by atoms with Gasteiger partial charge in [-0.25, -0.2) is 0 Å². The lowest BCUT2D eigenvalue weighted by atomic mass is 9.99. The summed E-state index contributed by atoms with van der Waals surface area (Å²) in [6.07, 6.45) is 9.39. The second kappa shape index (κ2) is 15.1. The Kier molecular flexibility index (Phi) is 8.45. The summed E-state index contributed by atoms with van der Waals surface area (Å²) in [5.74, 6) is 0. The molecule has 0 saturated carbocycles. The summed E-state index contributed by atoms with van der Waals surface area (Å²) in [7, 11) is 0. The quantitative estimate of drug-likeness (QED) is 0.154. The van der Waals surface area contributed by atoms with Crippen molar-refractivity contribution >= 4 is 104 Å². The Labute approximate surface area is 389 Å². The average Bonchev–Trinajstić information content (AvgIpc) is 3.78. The van der Waals surface area contributed by atoms with Gasteiger partial charge < -0.3 is 9.32 Å². The van der Waals surface area contributed by atoms with E-state index >= 15 is 0 Å². The van der Waals surface area contributed by atoms with E-state index in [1.54, 1.807) is 0 Å². The van der Waals surface area contributed by atoms with Crippen molar-refractivity contribution in [3.05, 3.63) is 219 Å². The molecule has 0 aliphatic rings. The molecule has 6 aromatic heterocycles. The maximum atomic E-state index is 6.09. The largest absolute Gasteiger partial charge is 0.454 e. The van der Waals surface area contributed by atoms with Crippen LogP contribution in [0.3, 0.4) is 0 Å². The number of furan rings is 1. The summed E-state index contributed by atoms with van der Waals surface area (Å²) < 4.78 is 6.09. The predicted octanol–water partition coefficient (Wildman–Crippen LogP) is 16.0. The van der Waals surface area contributed by atoms with E-state index in [9.17, 15) is 0 Å². The average molecular weight is 869 g/mol. The van der Waals surface area contributed by atoms with Crippen molar-refractivity contribution in [3.8, 4) is 33.4 Å². The van der Waals surface area contributed by atoms with Crippen LogP contribution in [0.15, 0.2) is 223 Å². The first-order valence-electron chi connectivity index (χ1n) is 22.7. The number of benzene rings is 8. The van der Waals surface area contributed by atoms with Gasteiger partial charge in [-0.3, -0.25) is 24.9 Å². The number of aromatic nitrogens is 5. The highest BCUT2D eigenvalue weighted by molar-refractivity contribution is 6.06. The zero-order chi connectivity index (χ0) is 44.7. The number of rotatable bonds is 6. The van der Waals surface area contributed by atoms with Crippen molar-refractivity contribution in [2.75, 3.05) is 4.90 Å². The van der Waals surface area contributed by atoms with Crippen LogP contribution in [0.5, 0.6) is 0 Å². The van der Waals surface area contributed by atoms with Crippen LogP contribution in [0.25, 0.3) is 121 Å². The third-order valence-electron chi connectivity index (χ3n) is 13.4. The SMILES string of the molecule is c1cnc2c(c1)ccc1cc(-c3ccc4cc(N(c5ccc(-c6ccc7oc8cccnc8c7c6)cc5)c5ccc6cc(-c7cnc8c(ccc9cccnc98)c7)ccc6c5)ccc4c3)cnc12. The van der Waals surface area contributed by atoms with Crippen molar-refractivity contribution < 1.29 is 4.42 Å². The second-order valence-corrected chi connectivity index (χ2v) is 17.4. The van der Waals surface area contributed by atoms with E-state index in [0.29, 0.717) is 0 Å². The van der Waals surface area contributed by atoms with Gasteiger partial charge in [0.25, 0.3) is 0 Å². The van der Waals surface area contributed by atoms with Gasteiger partial charge in [0.15, 0.2) is 5.58 Å². The Balaban J connectivity index is 0.842. The number of anilines is 3. The number of nitrogens with zero attached hydrogens (tertiary/aromatic N) is 6. The van der Waals surface area contributed by atoms with Gasteiger partial charge in [-0.2, -0.15) is 0 Å². The van der Waals surface area contributed by atoms with Gasteiger partial charge >= 0.3 is 0 Å². The number of fused-ring (bicyclic) bond motifs is 11. The first-order valence-corrected chi connectivity index (χ1v) is 22.7. The summed E-state index contributed by atoms with van der Waals surface area (Å²) in [4.78, 5) is 26.0. The molecule has 0 spiro atoms. The van der Waals surface area contributed by atoms with Gasteiger partial charge in [0.2, 0.25) is 0 Å². The van der Waals surface area contributed by atoms with Crippen LogP contribution in [0, 0.1) is 0 Å². The molecule has 0 aliphatic heterocycles. The molecule has 0 bridgehead atoms. The fraction of sp³-hybridized carbons (Fsp3) is 0. The van der Waals surface area contributed by atoms with Gasteiger partial charge in [0.1, 0.15) is 11.1 Å². The third kappa shape index (κ3) is 6.32. The topological polar surface area (TPSA) is 80.8 Å². The highest BCUT2D eigenvalue weighted by Crippen LogP contribution is 2.41. The third-order valence-corrected chi connectivity index (χ3v) is 13.4. The normalized spacial score (nSPS) is 11.8. The zero-order valence-corrected chi connectivity index (χ0v) is 36.4. The minimum absolute atomic E-state index is 0.790. The molecule has 0 saturated heterocycles. The van der Waals surface area contributed by atoms with E-state index < -0.39 is 0 Å². The fourth-order valence-electron chi connectivity index (χ4n) is 9.92. The predicted molar refractivity (Wildman–Crippen MR) is 279 cm³/mol. The zero-order valence-electron chi connectivity index (χ0n) is 36.4. The highest BCUT2D eigenvalue weighted by Gasteiger charge is 2.17. The van der Waals surface area contributed by atoms with Gasteiger partial charge in [0, 0.05) is 86.1 Å². The molecule has 14 aromatic rings. The van der Waals surface area contributed by atoms with Crippen LogP contribution in [-0.2, 0) is 0 Å². The molecule has 6 heterocycles. The van der Waals surface area contributed by atoms with Crippen molar-refractivity contribution in [1.29, 1.82) is 0 Å². The van der Waals surface area contributed by atoms with E-state index in [4.69, 9.17) is 14.4 Å². The molecule has 0 radical (unpaired) electrons. The fourth-order valence-corrected chi connectivity index (χ4v) is 9.92. The van der Waals surface area contributed by atoms with E-state index in [1.165, 1.54) is 0 Å². The smallest absolute Gasteiger partial charge is 0.153 e. The number of pyridine rings is 5. The van der Waals surface area contributed by atoms with Crippen LogP contribution in [0.4, 0.5) is 17.1 Å². The Morgan fingerprint density at radius 2 is 0.706 bits per heavy atom. The lowest BCUT2D eigenvalue weighted by molar-refractivity contribution is 0.668. The lowest BCUT2D eigenvalue weighted by Crippen LogP contribution is -2.10. The maximum absolute atomic E-state index is 6.09. The summed E-state index contributed by atoms with van der Waals surface area (Å²) >= 11 is 0. The van der Waals surface area contributed by atoms with Crippen molar-refractivity contribution in [2.24, 2.45) is 0 Å².